The molecule has 0 aromatic heterocycles. The zero-order valence-electron chi connectivity index (χ0n) is 24.7. The van der Waals surface area contributed by atoms with Gasteiger partial charge in [-0.2, -0.15) is 0 Å². The van der Waals surface area contributed by atoms with Crippen LogP contribution in [0.2, 0.25) is 18.1 Å². The van der Waals surface area contributed by atoms with Gasteiger partial charge in [0.25, 0.3) is 0 Å². The van der Waals surface area contributed by atoms with Crippen LogP contribution in [-0.2, 0) is 30.1 Å². The molecule has 0 heterocycles. The fraction of sp³-hybridized carbons (Fsp3) is 0.677. The molecule has 1 aromatic carbocycles. The Hall–Kier alpha value is -2.00. The number of aliphatic hydroxyl groups is 2. The van der Waals surface area contributed by atoms with Crippen molar-refractivity contribution in [3.63, 3.8) is 0 Å². The topological polar surface area (TPSA) is 102 Å². The smallest absolute Gasteiger partial charge is 0.306 e. The Balaban J connectivity index is 1.92. The first-order valence-corrected chi connectivity index (χ1v) is 17.3. The maximum Gasteiger partial charge on any atom is 0.306 e. The molecule has 1 fully saturated rings. The molecule has 220 valence electrons. The average Bonchev–Trinajstić information content (AvgIpc) is 3.15. The molecule has 0 bridgehead atoms. The van der Waals surface area contributed by atoms with E-state index in [0.29, 0.717) is 45.1 Å². The number of carbonyl (C=O) groups excluding carboxylic acids is 2. The van der Waals surface area contributed by atoms with Gasteiger partial charge in [-0.3, -0.25) is 9.59 Å². The monoisotopic (exact) mass is 562 g/mol. The van der Waals surface area contributed by atoms with E-state index >= 15 is 0 Å². The number of carbonyl (C=O) groups is 2. The van der Waals surface area contributed by atoms with Gasteiger partial charge < -0.3 is 24.1 Å². The molecule has 39 heavy (non-hydrogen) atoms. The van der Waals surface area contributed by atoms with Crippen LogP contribution in [0.4, 0.5) is 0 Å². The second-order valence-corrected chi connectivity index (χ2v) is 16.9. The van der Waals surface area contributed by atoms with Crippen LogP contribution in [-0.4, -0.2) is 55.4 Å². The summed E-state index contributed by atoms with van der Waals surface area (Å²) in [5.74, 6) is -0.749. The second kappa shape index (κ2) is 15.7. The van der Waals surface area contributed by atoms with Crippen molar-refractivity contribution in [3.05, 3.63) is 48.0 Å². The molecule has 5 atom stereocenters. The van der Waals surface area contributed by atoms with Crippen LogP contribution >= 0.6 is 0 Å². The van der Waals surface area contributed by atoms with Crippen molar-refractivity contribution in [1.82, 2.24) is 0 Å². The van der Waals surface area contributed by atoms with Crippen molar-refractivity contribution in [3.8, 4) is 0 Å². The number of hydrogen-bond donors (Lipinski definition) is 2. The van der Waals surface area contributed by atoms with Crippen molar-refractivity contribution < 1.29 is 33.7 Å². The Labute approximate surface area is 236 Å². The fourth-order valence-electron chi connectivity index (χ4n) is 4.74. The molecule has 0 saturated heterocycles. The van der Waals surface area contributed by atoms with Gasteiger partial charge in [0.15, 0.2) is 8.32 Å². The predicted octanol–water partition coefficient (Wildman–Crippen LogP) is 5.94. The molecule has 8 heteroatoms. The van der Waals surface area contributed by atoms with Crippen molar-refractivity contribution in [1.29, 1.82) is 0 Å². The lowest BCUT2D eigenvalue weighted by molar-refractivity contribution is -0.145. The van der Waals surface area contributed by atoms with Gasteiger partial charge in [0.05, 0.1) is 24.9 Å². The standard InChI is InChI=1S/C31H50O7Si/c1-7-36-30(35)20-19-25-26(28(21-27(25)33)38-39(5,6)31(2,3)4)18-17-24(32)15-11-12-16-29(34)37-22-23-13-9-8-10-14-23/h8-10,13-14,17-18,24-28,32-33H,7,11-12,15-16,19-22H2,1-6H3/b18-17+/t24-,25-,26-,27?,28-/m1/s1. The van der Waals surface area contributed by atoms with E-state index in [2.05, 4.69) is 33.9 Å². The summed E-state index contributed by atoms with van der Waals surface area (Å²) in [6.07, 6.45) is 5.78. The minimum absolute atomic E-state index is 0.0248. The van der Waals surface area contributed by atoms with Gasteiger partial charge in [0.1, 0.15) is 6.61 Å². The van der Waals surface area contributed by atoms with Crippen LogP contribution in [0.1, 0.15) is 78.2 Å². The third-order valence-electron chi connectivity index (χ3n) is 8.06. The minimum atomic E-state index is -2.09. The molecule has 2 N–H and O–H groups in total. The van der Waals surface area contributed by atoms with Crippen LogP contribution in [0.15, 0.2) is 42.5 Å². The number of rotatable bonds is 15. The zero-order valence-corrected chi connectivity index (χ0v) is 25.7. The molecular formula is C31H50O7Si. The number of ether oxygens (including phenoxy) is 2. The summed E-state index contributed by atoms with van der Waals surface area (Å²) in [5, 5.41) is 21.6. The Kier molecular flexibility index (Phi) is 13.4. The average molecular weight is 563 g/mol. The number of unbranched alkanes of at least 4 members (excludes halogenated alkanes) is 1. The molecular weight excluding hydrogens is 512 g/mol. The Bertz CT molecular complexity index is 909. The molecule has 7 nitrogen and oxygen atoms in total. The number of aliphatic hydroxyl groups excluding tert-OH is 2. The maximum atomic E-state index is 12.0. The Morgan fingerprint density at radius 3 is 2.38 bits per heavy atom. The summed E-state index contributed by atoms with van der Waals surface area (Å²) in [7, 11) is -2.09. The number of benzene rings is 1. The van der Waals surface area contributed by atoms with Gasteiger partial charge in [0, 0.05) is 18.8 Å². The molecule has 0 spiro atoms. The lowest BCUT2D eigenvalue weighted by Crippen LogP contribution is -2.45. The molecule has 1 aliphatic rings. The van der Waals surface area contributed by atoms with Crippen molar-refractivity contribution in [2.45, 2.75) is 116 Å². The van der Waals surface area contributed by atoms with E-state index in [1.54, 1.807) is 13.0 Å². The predicted molar refractivity (Wildman–Crippen MR) is 155 cm³/mol. The first-order valence-electron chi connectivity index (χ1n) is 14.4. The Morgan fingerprint density at radius 1 is 1.08 bits per heavy atom. The highest BCUT2D eigenvalue weighted by molar-refractivity contribution is 6.74. The summed E-state index contributed by atoms with van der Waals surface area (Å²) in [4.78, 5) is 24.0. The summed E-state index contributed by atoms with van der Waals surface area (Å²) in [6.45, 7) is 13.4. The first-order chi connectivity index (χ1) is 18.3. The maximum absolute atomic E-state index is 12.0. The highest BCUT2D eigenvalue weighted by Gasteiger charge is 2.47. The summed E-state index contributed by atoms with van der Waals surface area (Å²) in [6, 6.07) is 9.58. The number of esters is 2. The van der Waals surface area contributed by atoms with E-state index in [1.165, 1.54) is 0 Å². The number of hydrogen-bond acceptors (Lipinski definition) is 7. The lowest BCUT2D eigenvalue weighted by atomic mass is 9.88. The molecule has 1 aliphatic carbocycles. The van der Waals surface area contributed by atoms with Crippen molar-refractivity contribution in [2.24, 2.45) is 11.8 Å². The lowest BCUT2D eigenvalue weighted by Gasteiger charge is -2.40. The molecule has 1 saturated carbocycles. The van der Waals surface area contributed by atoms with E-state index in [-0.39, 0.29) is 47.9 Å². The highest BCUT2D eigenvalue weighted by Crippen LogP contribution is 2.44. The SMILES string of the molecule is CCOC(=O)CC[C@H]1C(O)C[C@@H](O[Si](C)(C)C(C)(C)C)[C@@H]1/C=C/[C@H](O)CCCCC(=O)OCc1ccccc1. The van der Waals surface area contributed by atoms with E-state index < -0.39 is 20.5 Å². The molecule has 1 unspecified atom stereocenters. The molecule has 1 aromatic rings. The second-order valence-electron chi connectivity index (χ2n) is 12.1. The van der Waals surface area contributed by atoms with Crippen molar-refractivity contribution >= 4 is 20.3 Å². The first kappa shape index (κ1) is 33.2. The molecule has 0 amide bonds. The van der Waals surface area contributed by atoms with E-state index in [4.69, 9.17) is 13.9 Å². The van der Waals surface area contributed by atoms with Gasteiger partial charge in [-0.15, -0.1) is 0 Å². The highest BCUT2D eigenvalue weighted by atomic mass is 28.4. The van der Waals surface area contributed by atoms with Crippen LogP contribution in [0.3, 0.4) is 0 Å². The van der Waals surface area contributed by atoms with E-state index in [1.807, 2.05) is 36.4 Å². The van der Waals surface area contributed by atoms with Gasteiger partial charge in [-0.05, 0) is 68.6 Å². The zero-order chi connectivity index (χ0) is 29.1. The molecule has 0 aliphatic heterocycles. The third kappa shape index (κ3) is 11.2. The van der Waals surface area contributed by atoms with E-state index in [9.17, 15) is 19.8 Å². The van der Waals surface area contributed by atoms with Gasteiger partial charge in [0.2, 0.25) is 0 Å². The van der Waals surface area contributed by atoms with Crippen LogP contribution in [0, 0.1) is 11.8 Å². The normalized spacial score (nSPS) is 22.7. The summed E-state index contributed by atoms with van der Waals surface area (Å²) >= 11 is 0. The van der Waals surface area contributed by atoms with Crippen molar-refractivity contribution in [2.75, 3.05) is 6.61 Å². The molecule has 2 rings (SSSR count). The fourth-order valence-corrected chi connectivity index (χ4v) is 6.10. The summed E-state index contributed by atoms with van der Waals surface area (Å²) in [5.41, 5.74) is 0.958. The van der Waals surface area contributed by atoms with E-state index in [0.717, 1.165) is 5.56 Å². The van der Waals surface area contributed by atoms with Gasteiger partial charge in [-0.25, -0.2) is 0 Å². The van der Waals surface area contributed by atoms with Crippen LogP contribution < -0.4 is 0 Å². The summed E-state index contributed by atoms with van der Waals surface area (Å²) < 4.78 is 17.1. The van der Waals surface area contributed by atoms with Crippen LogP contribution in [0.5, 0.6) is 0 Å². The largest absolute Gasteiger partial charge is 0.466 e. The third-order valence-corrected chi connectivity index (χ3v) is 12.6. The molecule has 0 radical (unpaired) electrons. The van der Waals surface area contributed by atoms with Crippen LogP contribution in [0.25, 0.3) is 0 Å². The Morgan fingerprint density at radius 2 is 1.74 bits per heavy atom. The quantitative estimate of drug-likeness (QED) is 0.118. The minimum Gasteiger partial charge on any atom is -0.466 e. The van der Waals surface area contributed by atoms with Gasteiger partial charge in [-0.1, -0.05) is 63.3 Å². The van der Waals surface area contributed by atoms with Gasteiger partial charge >= 0.3 is 11.9 Å².